The minimum absolute atomic E-state index is 0.273. The average molecular weight is 286 g/mol. The van der Waals surface area contributed by atoms with Gasteiger partial charge in [0.05, 0.1) is 18.2 Å². The van der Waals surface area contributed by atoms with Crippen LogP contribution in [-0.2, 0) is 4.74 Å². The molecule has 0 amide bonds. The molecule has 0 fully saturated rings. The highest BCUT2D eigenvalue weighted by Gasteiger charge is 2.14. The van der Waals surface area contributed by atoms with Crippen molar-refractivity contribution in [3.8, 4) is 5.75 Å². The van der Waals surface area contributed by atoms with E-state index in [1.54, 1.807) is 14.2 Å². The van der Waals surface area contributed by atoms with E-state index in [1.807, 2.05) is 12.1 Å². The predicted molar refractivity (Wildman–Crippen MR) is 80.1 cm³/mol. The van der Waals surface area contributed by atoms with Gasteiger partial charge in [0.25, 0.3) is 0 Å². The van der Waals surface area contributed by atoms with Crippen molar-refractivity contribution in [3.63, 3.8) is 0 Å². The fourth-order valence-electron chi connectivity index (χ4n) is 2.05. The molecule has 0 radical (unpaired) electrons. The summed E-state index contributed by atoms with van der Waals surface area (Å²) in [7, 11) is 3.39. The molecule has 0 spiro atoms. The van der Waals surface area contributed by atoms with Gasteiger partial charge in [0.1, 0.15) is 5.75 Å². The summed E-state index contributed by atoms with van der Waals surface area (Å²) in [5.74, 6) is 0.724. The predicted octanol–water partition coefficient (Wildman–Crippen LogP) is 3.81. The lowest BCUT2D eigenvalue weighted by atomic mass is 10.00. The number of hydrogen-bond acceptors (Lipinski definition) is 3. The van der Waals surface area contributed by atoms with E-state index < -0.39 is 0 Å². The zero-order valence-electron chi connectivity index (χ0n) is 12.2. The third-order valence-electron chi connectivity index (χ3n) is 3.29. The average Bonchev–Trinajstić information content (AvgIpc) is 2.43. The van der Waals surface area contributed by atoms with Gasteiger partial charge in [0, 0.05) is 13.2 Å². The maximum absolute atomic E-state index is 6.06. The molecule has 1 N–H and O–H groups in total. The van der Waals surface area contributed by atoms with Crippen molar-refractivity contribution in [3.05, 3.63) is 28.8 Å². The Kier molecular flexibility index (Phi) is 7.21. The van der Waals surface area contributed by atoms with E-state index in [9.17, 15) is 0 Å². The van der Waals surface area contributed by atoms with Gasteiger partial charge < -0.3 is 14.8 Å². The summed E-state index contributed by atoms with van der Waals surface area (Å²) in [4.78, 5) is 0. The molecule has 0 saturated heterocycles. The number of halogens is 1. The highest BCUT2D eigenvalue weighted by Crippen LogP contribution is 2.29. The van der Waals surface area contributed by atoms with E-state index >= 15 is 0 Å². The molecule has 1 aromatic rings. The molecule has 19 heavy (non-hydrogen) atoms. The highest BCUT2D eigenvalue weighted by atomic mass is 35.5. The van der Waals surface area contributed by atoms with Gasteiger partial charge in [-0.15, -0.1) is 0 Å². The Morgan fingerprint density at radius 1 is 1.26 bits per heavy atom. The van der Waals surface area contributed by atoms with Crippen LogP contribution in [-0.4, -0.2) is 26.9 Å². The molecule has 3 nitrogen and oxygen atoms in total. The van der Waals surface area contributed by atoms with Crippen molar-refractivity contribution in [2.24, 2.45) is 0 Å². The normalized spacial score (nSPS) is 14.2. The zero-order chi connectivity index (χ0) is 14.3. The second kappa shape index (κ2) is 8.41. The lowest BCUT2D eigenvalue weighted by Crippen LogP contribution is -2.22. The van der Waals surface area contributed by atoms with E-state index in [-0.39, 0.29) is 6.10 Å². The summed E-state index contributed by atoms with van der Waals surface area (Å²) in [5.41, 5.74) is 1.20. The number of methoxy groups -OCH3 is 2. The number of nitrogens with one attached hydrogen (secondary N) is 1. The van der Waals surface area contributed by atoms with Gasteiger partial charge in [-0.25, -0.2) is 0 Å². The molecule has 2 unspecified atom stereocenters. The minimum atomic E-state index is 0.273. The van der Waals surface area contributed by atoms with E-state index in [1.165, 1.54) is 5.56 Å². The van der Waals surface area contributed by atoms with Crippen LogP contribution in [0.2, 0.25) is 5.02 Å². The van der Waals surface area contributed by atoms with Crippen LogP contribution >= 0.6 is 11.6 Å². The van der Waals surface area contributed by atoms with Gasteiger partial charge >= 0.3 is 0 Å². The van der Waals surface area contributed by atoms with Crippen LogP contribution in [0.25, 0.3) is 0 Å². The molecular formula is C15H24ClNO2. The standard InChI is InChI=1S/C15H24ClNO2/c1-5-17-14(9-6-11(2)18-3)12-7-8-13(16)15(10-12)19-4/h7-8,10-11,14,17H,5-6,9H2,1-4H3. The number of hydrogen-bond donors (Lipinski definition) is 1. The second-order valence-electron chi connectivity index (χ2n) is 4.63. The molecule has 1 rings (SSSR count). The quantitative estimate of drug-likeness (QED) is 0.788. The Labute approximate surface area is 121 Å². The first-order chi connectivity index (χ1) is 9.12. The lowest BCUT2D eigenvalue weighted by Gasteiger charge is -2.21. The molecule has 0 heterocycles. The Balaban J connectivity index is 2.80. The Morgan fingerprint density at radius 3 is 2.58 bits per heavy atom. The molecular weight excluding hydrogens is 262 g/mol. The fraction of sp³-hybridized carbons (Fsp3) is 0.600. The van der Waals surface area contributed by atoms with Crippen molar-refractivity contribution in [2.45, 2.75) is 38.8 Å². The van der Waals surface area contributed by atoms with E-state index in [4.69, 9.17) is 21.1 Å². The maximum Gasteiger partial charge on any atom is 0.137 e. The minimum Gasteiger partial charge on any atom is -0.495 e. The smallest absolute Gasteiger partial charge is 0.137 e. The largest absolute Gasteiger partial charge is 0.495 e. The number of rotatable bonds is 8. The summed E-state index contributed by atoms with van der Waals surface area (Å²) in [6.45, 7) is 5.13. The monoisotopic (exact) mass is 285 g/mol. The molecule has 2 atom stereocenters. The zero-order valence-corrected chi connectivity index (χ0v) is 13.0. The molecule has 4 heteroatoms. The van der Waals surface area contributed by atoms with Gasteiger partial charge in [0.2, 0.25) is 0 Å². The Morgan fingerprint density at radius 2 is 2.00 bits per heavy atom. The van der Waals surface area contributed by atoms with Crippen LogP contribution in [0.5, 0.6) is 5.75 Å². The molecule has 0 saturated carbocycles. The van der Waals surface area contributed by atoms with Crippen molar-refractivity contribution in [2.75, 3.05) is 20.8 Å². The second-order valence-corrected chi connectivity index (χ2v) is 5.04. The highest BCUT2D eigenvalue weighted by molar-refractivity contribution is 6.32. The first kappa shape index (κ1) is 16.3. The van der Waals surface area contributed by atoms with Gasteiger partial charge in [-0.3, -0.25) is 0 Å². The van der Waals surface area contributed by atoms with E-state index in [0.717, 1.165) is 25.1 Å². The summed E-state index contributed by atoms with van der Waals surface area (Å²) >= 11 is 6.06. The van der Waals surface area contributed by atoms with Crippen molar-refractivity contribution < 1.29 is 9.47 Å². The molecule has 0 bridgehead atoms. The lowest BCUT2D eigenvalue weighted by molar-refractivity contribution is 0.106. The van der Waals surface area contributed by atoms with Crippen LogP contribution in [0, 0.1) is 0 Å². The molecule has 0 aliphatic rings. The Bertz CT molecular complexity index is 384. The van der Waals surface area contributed by atoms with Crippen LogP contribution in [0.4, 0.5) is 0 Å². The van der Waals surface area contributed by atoms with Gasteiger partial charge in [-0.05, 0) is 44.0 Å². The number of benzene rings is 1. The van der Waals surface area contributed by atoms with Crippen molar-refractivity contribution >= 4 is 11.6 Å². The Hall–Kier alpha value is -0.770. The summed E-state index contributed by atoms with van der Waals surface area (Å²) in [6.07, 6.45) is 2.31. The van der Waals surface area contributed by atoms with Gasteiger partial charge in [-0.2, -0.15) is 0 Å². The molecule has 0 aliphatic heterocycles. The van der Waals surface area contributed by atoms with E-state index in [0.29, 0.717) is 11.1 Å². The molecule has 0 aromatic heterocycles. The first-order valence-corrected chi connectivity index (χ1v) is 7.09. The van der Waals surface area contributed by atoms with Crippen LogP contribution in [0.3, 0.4) is 0 Å². The SMILES string of the molecule is CCNC(CCC(C)OC)c1ccc(Cl)c(OC)c1. The fourth-order valence-corrected chi connectivity index (χ4v) is 2.24. The summed E-state index contributed by atoms with van der Waals surface area (Å²) in [6, 6.07) is 6.25. The maximum atomic E-state index is 6.06. The summed E-state index contributed by atoms with van der Waals surface area (Å²) in [5, 5.41) is 4.14. The van der Waals surface area contributed by atoms with Crippen molar-refractivity contribution in [1.82, 2.24) is 5.32 Å². The van der Waals surface area contributed by atoms with Crippen molar-refractivity contribution in [1.29, 1.82) is 0 Å². The van der Waals surface area contributed by atoms with Gasteiger partial charge in [0.15, 0.2) is 0 Å². The molecule has 1 aromatic carbocycles. The van der Waals surface area contributed by atoms with Crippen LogP contribution < -0.4 is 10.1 Å². The third kappa shape index (κ3) is 5.01. The number of ether oxygens (including phenoxy) is 2. The van der Waals surface area contributed by atoms with Crippen LogP contribution in [0.1, 0.15) is 38.3 Å². The van der Waals surface area contributed by atoms with Crippen LogP contribution in [0.15, 0.2) is 18.2 Å². The molecule has 108 valence electrons. The topological polar surface area (TPSA) is 30.5 Å². The third-order valence-corrected chi connectivity index (χ3v) is 3.60. The summed E-state index contributed by atoms with van der Waals surface area (Å²) < 4.78 is 10.6. The first-order valence-electron chi connectivity index (χ1n) is 6.72. The van der Waals surface area contributed by atoms with E-state index in [2.05, 4.69) is 25.2 Å². The molecule has 0 aliphatic carbocycles. The van der Waals surface area contributed by atoms with Gasteiger partial charge in [-0.1, -0.05) is 24.6 Å².